The Labute approximate surface area is 122 Å². The Hall–Kier alpha value is -1.55. The molecule has 0 heterocycles. The normalized spacial score (nSPS) is 11.2. The van der Waals surface area contributed by atoms with Crippen LogP contribution in [0.3, 0.4) is 0 Å². The SMILES string of the molecule is Cc1cc(C(=O)N(CCN(C)C)CC(C)C)ccc1N. The van der Waals surface area contributed by atoms with Gasteiger partial charge in [-0.25, -0.2) is 0 Å². The maximum Gasteiger partial charge on any atom is 0.253 e. The lowest BCUT2D eigenvalue weighted by Crippen LogP contribution is -2.39. The fourth-order valence-corrected chi connectivity index (χ4v) is 2.03. The van der Waals surface area contributed by atoms with Gasteiger partial charge in [0.15, 0.2) is 0 Å². The van der Waals surface area contributed by atoms with Gasteiger partial charge in [0.25, 0.3) is 5.91 Å². The van der Waals surface area contributed by atoms with Crippen LogP contribution in [0.15, 0.2) is 18.2 Å². The van der Waals surface area contributed by atoms with Crippen molar-refractivity contribution in [2.45, 2.75) is 20.8 Å². The van der Waals surface area contributed by atoms with Crippen LogP contribution in [0.25, 0.3) is 0 Å². The van der Waals surface area contributed by atoms with E-state index >= 15 is 0 Å². The van der Waals surface area contributed by atoms with E-state index < -0.39 is 0 Å². The lowest BCUT2D eigenvalue weighted by atomic mass is 10.1. The van der Waals surface area contributed by atoms with Gasteiger partial charge >= 0.3 is 0 Å². The van der Waals surface area contributed by atoms with Crippen LogP contribution in [0.4, 0.5) is 5.69 Å². The number of likely N-dealkylation sites (N-methyl/N-ethyl adjacent to an activating group) is 1. The highest BCUT2D eigenvalue weighted by Crippen LogP contribution is 2.15. The third-order valence-corrected chi connectivity index (χ3v) is 3.21. The average Bonchev–Trinajstić information content (AvgIpc) is 2.36. The molecular formula is C16H27N3O. The summed E-state index contributed by atoms with van der Waals surface area (Å²) in [5.74, 6) is 0.541. The molecule has 0 saturated carbocycles. The molecule has 1 rings (SSSR count). The quantitative estimate of drug-likeness (QED) is 0.811. The van der Waals surface area contributed by atoms with Gasteiger partial charge in [-0.3, -0.25) is 4.79 Å². The molecule has 0 saturated heterocycles. The van der Waals surface area contributed by atoms with Crippen molar-refractivity contribution in [3.63, 3.8) is 0 Å². The number of hydrogen-bond donors (Lipinski definition) is 1. The van der Waals surface area contributed by atoms with E-state index in [1.54, 1.807) is 0 Å². The van der Waals surface area contributed by atoms with Crippen LogP contribution in [-0.2, 0) is 0 Å². The highest BCUT2D eigenvalue weighted by atomic mass is 16.2. The molecule has 0 atom stereocenters. The summed E-state index contributed by atoms with van der Waals surface area (Å²) in [6.07, 6.45) is 0. The van der Waals surface area contributed by atoms with Crippen molar-refractivity contribution in [1.29, 1.82) is 0 Å². The number of carbonyl (C=O) groups is 1. The van der Waals surface area contributed by atoms with Crippen LogP contribution in [0.5, 0.6) is 0 Å². The predicted molar refractivity (Wildman–Crippen MR) is 84.9 cm³/mol. The predicted octanol–water partition coefficient (Wildman–Crippen LogP) is 2.24. The highest BCUT2D eigenvalue weighted by molar-refractivity contribution is 5.94. The molecule has 0 bridgehead atoms. The van der Waals surface area contributed by atoms with Gasteiger partial charge in [0.2, 0.25) is 0 Å². The van der Waals surface area contributed by atoms with E-state index in [4.69, 9.17) is 5.73 Å². The molecule has 0 spiro atoms. The fourth-order valence-electron chi connectivity index (χ4n) is 2.03. The van der Waals surface area contributed by atoms with Crippen molar-refractivity contribution in [3.8, 4) is 0 Å². The zero-order valence-corrected chi connectivity index (χ0v) is 13.3. The molecule has 1 aromatic rings. The number of rotatable bonds is 6. The van der Waals surface area contributed by atoms with Gasteiger partial charge in [0.1, 0.15) is 0 Å². The van der Waals surface area contributed by atoms with Crippen molar-refractivity contribution in [3.05, 3.63) is 29.3 Å². The summed E-state index contributed by atoms with van der Waals surface area (Å²) in [6, 6.07) is 5.50. The zero-order valence-electron chi connectivity index (χ0n) is 13.3. The fraction of sp³-hybridized carbons (Fsp3) is 0.562. The van der Waals surface area contributed by atoms with E-state index in [0.717, 1.165) is 36.4 Å². The Morgan fingerprint density at radius 1 is 1.25 bits per heavy atom. The summed E-state index contributed by atoms with van der Waals surface area (Å²) in [6.45, 7) is 8.57. The minimum Gasteiger partial charge on any atom is -0.399 e. The Morgan fingerprint density at radius 3 is 2.40 bits per heavy atom. The van der Waals surface area contributed by atoms with Crippen LogP contribution in [-0.4, -0.2) is 49.4 Å². The zero-order chi connectivity index (χ0) is 15.3. The number of anilines is 1. The minimum atomic E-state index is 0.0867. The topological polar surface area (TPSA) is 49.6 Å². The van der Waals surface area contributed by atoms with Crippen LogP contribution in [0.1, 0.15) is 29.8 Å². The number of benzene rings is 1. The lowest BCUT2D eigenvalue weighted by molar-refractivity contribution is 0.0724. The summed E-state index contributed by atoms with van der Waals surface area (Å²) < 4.78 is 0. The molecule has 20 heavy (non-hydrogen) atoms. The maximum absolute atomic E-state index is 12.6. The first-order chi connectivity index (χ1) is 9.31. The molecule has 0 aromatic heterocycles. The van der Waals surface area contributed by atoms with Gasteiger partial charge < -0.3 is 15.5 Å². The molecule has 0 fully saturated rings. The molecule has 0 aliphatic rings. The molecule has 1 amide bonds. The highest BCUT2D eigenvalue weighted by Gasteiger charge is 2.17. The van der Waals surface area contributed by atoms with Crippen molar-refractivity contribution in [1.82, 2.24) is 9.80 Å². The summed E-state index contributed by atoms with van der Waals surface area (Å²) >= 11 is 0. The van der Waals surface area contributed by atoms with Crippen molar-refractivity contribution in [2.24, 2.45) is 5.92 Å². The smallest absolute Gasteiger partial charge is 0.253 e. The second-order valence-corrected chi connectivity index (χ2v) is 6.02. The van der Waals surface area contributed by atoms with Gasteiger partial charge in [0.05, 0.1) is 0 Å². The van der Waals surface area contributed by atoms with Crippen molar-refractivity contribution >= 4 is 11.6 Å². The number of carbonyl (C=O) groups excluding carboxylic acids is 1. The van der Waals surface area contributed by atoms with Crippen molar-refractivity contribution < 1.29 is 4.79 Å². The third-order valence-electron chi connectivity index (χ3n) is 3.21. The Kier molecular flexibility index (Phi) is 6.02. The molecule has 1 aromatic carbocycles. The van der Waals surface area contributed by atoms with E-state index in [-0.39, 0.29) is 5.91 Å². The molecule has 2 N–H and O–H groups in total. The van der Waals surface area contributed by atoms with E-state index in [9.17, 15) is 4.79 Å². The molecule has 0 unspecified atom stereocenters. The molecule has 112 valence electrons. The minimum absolute atomic E-state index is 0.0867. The van der Waals surface area contributed by atoms with Crippen LogP contribution < -0.4 is 5.73 Å². The van der Waals surface area contributed by atoms with E-state index in [2.05, 4.69) is 18.7 Å². The first kappa shape index (κ1) is 16.5. The number of nitrogen functional groups attached to an aromatic ring is 1. The number of nitrogens with two attached hydrogens (primary N) is 1. The van der Waals surface area contributed by atoms with Gasteiger partial charge in [-0.1, -0.05) is 13.8 Å². The van der Waals surface area contributed by atoms with E-state index in [1.165, 1.54) is 0 Å². The van der Waals surface area contributed by atoms with Gasteiger partial charge in [0, 0.05) is 30.9 Å². The lowest BCUT2D eigenvalue weighted by Gasteiger charge is -2.26. The van der Waals surface area contributed by atoms with Crippen LogP contribution in [0, 0.1) is 12.8 Å². The molecule has 4 heteroatoms. The second kappa shape index (κ2) is 7.29. The van der Waals surface area contributed by atoms with Crippen molar-refractivity contribution in [2.75, 3.05) is 39.5 Å². The Balaban J connectivity index is 2.87. The molecule has 0 aliphatic carbocycles. The third kappa shape index (κ3) is 4.85. The number of hydrogen-bond acceptors (Lipinski definition) is 3. The summed E-state index contributed by atoms with van der Waals surface area (Å²) in [7, 11) is 4.04. The van der Waals surface area contributed by atoms with E-state index in [1.807, 2.05) is 44.1 Å². The first-order valence-corrected chi connectivity index (χ1v) is 7.11. The largest absolute Gasteiger partial charge is 0.399 e. The number of nitrogens with zero attached hydrogens (tertiary/aromatic N) is 2. The van der Waals surface area contributed by atoms with Gasteiger partial charge in [-0.2, -0.15) is 0 Å². The van der Waals surface area contributed by atoms with Crippen LogP contribution in [0.2, 0.25) is 0 Å². The van der Waals surface area contributed by atoms with Gasteiger partial charge in [-0.15, -0.1) is 0 Å². The maximum atomic E-state index is 12.6. The molecule has 4 nitrogen and oxygen atoms in total. The average molecular weight is 277 g/mol. The number of amides is 1. The number of aryl methyl sites for hydroxylation is 1. The van der Waals surface area contributed by atoms with Crippen LogP contribution >= 0.6 is 0 Å². The standard InChI is InChI=1S/C16H27N3O/c1-12(2)11-19(9-8-18(4)5)16(20)14-6-7-15(17)13(3)10-14/h6-7,10,12H,8-9,11,17H2,1-5H3. The second-order valence-electron chi connectivity index (χ2n) is 6.02. The first-order valence-electron chi connectivity index (χ1n) is 7.11. The molecular weight excluding hydrogens is 250 g/mol. The summed E-state index contributed by atoms with van der Waals surface area (Å²) in [5, 5.41) is 0. The van der Waals surface area contributed by atoms with Gasteiger partial charge in [-0.05, 0) is 50.7 Å². The Bertz CT molecular complexity index is 455. The van der Waals surface area contributed by atoms with E-state index in [0.29, 0.717) is 5.92 Å². The molecule has 0 aliphatic heterocycles. The molecule has 0 radical (unpaired) electrons. The monoisotopic (exact) mass is 277 g/mol. The summed E-state index contributed by atoms with van der Waals surface area (Å²) in [5.41, 5.74) is 8.21. The Morgan fingerprint density at radius 2 is 1.90 bits per heavy atom. The summed E-state index contributed by atoms with van der Waals surface area (Å²) in [4.78, 5) is 16.6.